The molecule has 1 saturated heterocycles. The molecule has 0 spiro atoms. The number of rotatable bonds is 5. The molecule has 2 amide bonds. The van der Waals surface area contributed by atoms with E-state index in [0.29, 0.717) is 26.1 Å². The Balaban J connectivity index is 1.66. The number of likely N-dealkylation sites (tertiary alicyclic amines) is 1. The zero-order chi connectivity index (χ0) is 15.2. The van der Waals surface area contributed by atoms with Gasteiger partial charge in [0.2, 0.25) is 0 Å². The van der Waals surface area contributed by atoms with Gasteiger partial charge in [0.15, 0.2) is 0 Å². The summed E-state index contributed by atoms with van der Waals surface area (Å²) < 4.78 is 0. The molecule has 1 fully saturated rings. The largest absolute Gasteiger partial charge is 0.481 e. The van der Waals surface area contributed by atoms with Gasteiger partial charge in [-0.1, -0.05) is 17.7 Å². The van der Waals surface area contributed by atoms with Crippen LogP contribution in [0.1, 0.15) is 12.0 Å². The summed E-state index contributed by atoms with van der Waals surface area (Å²) >= 11 is 1.69. The Morgan fingerprint density at radius 1 is 1.38 bits per heavy atom. The molecule has 1 aliphatic rings. The molecule has 6 heteroatoms. The molecule has 1 atom stereocenters. The molecule has 1 unspecified atom stereocenters. The van der Waals surface area contributed by atoms with Gasteiger partial charge < -0.3 is 15.3 Å². The van der Waals surface area contributed by atoms with Crippen LogP contribution in [0.3, 0.4) is 0 Å². The van der Waals surface area contributed by atoms with Gasteiger partial charge in [0.1, 0.15) is 0 Å². The van der Waals surface area contributed by atoms with E-state index in [1.807, 2.05) is 0 Å². The van der Waals surface area contributed by atoms with Crippen LogP contribution in [0.25, 0.3) is 0 Å². The van der Waals surface area contributed by atoms with Crippen LogP contribution in [0.5, 0.6) is 0 Å². The minimum Gasteiger partial charge on any atom is -0.481 e. The van der Waals surface area contributed by atoms with Crippen molar-refractivity contribution in [2.75, 3.05) is 25.4 Å². The van der Waals surface area contributed by atoms with Gasteiger partial charge in [0.05, 0.1) is 5.92 Å². The Kier molecular flexibility index (Phi) is 5.50. The highest BCUT2D eigenvalue weighted by Gasteiger charge is 2.30. The lowest BCUT2D eigenvalue weighted by Crippen LogP contribution is -2.39. The van der Waals surface area contributed by atoms with E-state index in [0.717, 1.165) is 5.75 Å². The number of carbonyl (C=O) groups excluding carboxylic acids is 1. The summed E-state index contributed by atoms with van der Waals surface area (Å²) in [5.41, 5.74) is 1.23. The van der Waals surface area contributed by atoms with Gasteiger partial charge in [-0.25, -0.2) is 4.79 Å². The molecular formula is C15H20N2O3S. The zero-order valence-electron chi connectivity index (χ0n) is 12.0. The number of carbonyl (C=O) groups is 2. The van der Waals surface area contributed by atoms with Crippen LogP contribution in [0.15, 0.2) is 29.2 Å². The van der Waals surface area contributed by atoms with Crippen molar-refractivity contribution in [3.8, 4) is 0 Å². The maximum absolute atomic E-state index is 11.9. The maximum Gasteiger partial charge on any atom is 0.317 e. The summed E-state index contributed by atoms with van der Waals surface area (Å²) in [4.78, 5) is 25.5. The lowest BCUT2D eigenvalue weighted by atomic mass is 10.1. The molecule has 0 radical (unpaired) electrons. The Morgan fingerprint density at radius 3 is 2.71 bits per heavy atom. The normalized spacial score (nSPS) is 17.8. The number of benzene rings is 1. The van der Waals surface area contributed by atoms with E-state index < -0.39 is 11.9 Å². The van der Waals surface area contributed by atoms with Crippen molar-refractivity contribution >= 4 is 23.8 Å². The Morgan fingerprint density at radius 2 is 2.10 bits per heavy atom. The fraction of sp³-hybridized carbons (Fsp3) is 0.467. The Labute approximate surface area is 128 Å². The topological polar surface area (TPSA) is 69.6 Å². The zero-order valence-corrected chi connectivity index (χ0v) is 12.9. The van der Waals surface area contributed by atoms with Crippen LogP contribution < -0.4 is 5.32 Å². The average Bonchev–Trinajstić information content (AvgIpc) is 2.95. The second kappa shape index (κ2) is 7.36. The number of nitrogens with zero attached hydrogens (tertiary/aromatic N) is 1. The summed E-state index contributed by atoms with van der Waals surface area (Å²) in [6.45, 7) is 3.46. The van der Waals surface area contributed by atoms with Crippen LogP contribution >= 0.6 is 11.8 Å². The smallest absolute Gasteiger partial charge is 0.317 e. The van der Waals surface area contributed by atoms with Gasteiger partial charge >= 0.3 is 12.0 Å². The van der Waals surface area contributed by atoms with E-state index in [2.05, 4.69) is 36.5 Å². The molecule has 21 heavy (non-hydrogen) atoms. The number of hydrogen-bond donors (Lipinski definition) is 2. The van der Waals surface area contributed by atoms with Gasteiger partial charge in [0, 0.05) is 30.3 Å². The van der Waals surface area contributed by atoms with Crippen molar-refractivity contribution < 1.29 is 14.7 Å². The molecule has 0 aromatic heterocycles. The van der Waals surface area contributed by atoms with E-state index >= 15 is 0 Å². The fourth-order valence-electron chi connectivity index (χ4n) is 2.22. The lowest BCUT2D eigenvalue weighted by molar-refractivity contribution is -0.141. The first kappa shape index (κ1) is 15.7. The van der Waals surface area contributed by atoms with Crippen LogP contribution in [0, 0.1) is 12.8 Å². The number of thioether (sulfide) groups is 1. The highest BCUT2D eigenvalue weighted by atomic mass is 32.2. The number of aliphatic carboxylic acids is 1. The molecule has 1 heterocycles. The third-order valence-electron chi connectivity index (χ3n) is 3.49. The minimum absolute atomic E-state index is 0.164. The van der Waals surface area contributed by atoms with Crippen LogP contribution in [-0.2, 0) is 4.79 Å². The lowest BCUT2D eigenvalue weighted by Gasteiger charge is -2.16. The van der Waals surface area contributed by atoms with Crippen molar-refractivity contribution in [3.63, 3.8) is 0 Å². The number of hydrogen-bond acceptors (Lipinski definition) is 3. The van der Waals surface area contributed by atoms with E-state index in [1.54, 1.807) is 16.7 Å². The molecular weight excluding hydrogens is 288 g/mol. The fourth-order valence-corrected chi connectivity index (χ4v) is 2.99. The predicted molar refractivity (Wildman–Crippen MR) is 82.6 cm³/mol. The molecule has 1 aromatic carbocycles. The first-order chi connectivity index (χ1) is 10.1. The van der Waals surface area contributed by atoms with Gasteiger partial charge in [-0.05, 0) is 25.5 Å². The molecule has 1 aromatic rings. The monoisotopic (exact) mass is 308 g/mol. The van der Waals surface area contributed by atoms with Gasteiger partial charge in [-0.2, -0.15) is 0 Å². The van der Waals surface area contributed by atoms with Crippen LogP contribution in [0.2, 0.25) is 0 Å². The molecule has 5 nitrogen and oxygen atoms in total. The summed E-state index contributed by atoms with van der Waals surface area (Å²) in [5, 5.41) is 11.7. The third-order valence-corrected chi connectivity index (χ3v) is 4.51. The first-order valence-corrected chi connectivity index (χ1v) is 8.00. The van der Waals surface area contributed by atoms with Crippen molar-refractivity contribution in [3.05, 3.63) is 29.8 Å². The highest BCUT2D eigenvalue weighted by molar-refractivity contribution is 7.99. The number of amides is 2. The van der Waals surface area contributed by atoms with Crippen molar-refractivity contribution in [1.29, 1.82) is 0 Å². The standard InChI is InChI=1S/C15H20N2O3S/c1-11-2-4-13(5-3-11)21-9-7-16-15(20)17-8-6-12(10-17)14(18)19/h2-5,12H,6-10H2,1H3,(H,16,20)(H,18,19). The molecule has 1 aliphatic heterocycles. The summed E-state index contributed by atoms with van der Waals surface area (Å²) in [7, 11) is 0. The third kappa shape index (κ3) is 4.67. The molecule has 2 rings (SSSR count). The van der Waals surface area contributed by atoms with E-state index in [4.69, 9.17) is 5.11 Å². The number of nitrogens with one attached hydrogen (secondary N) is 1. The van der Waals surface area contributed by atoms with E-state index in [9.17, 15) is 9.59 Å². The summed E-state index contributed by atoms with van der Waals surface area (Å²) in [6.07, 6.45) is 0.543. The number of aryl methyl sites for hydroxylation is 1. The second-order valence-electron chi connectivity index (χ2n) is 5.16. The Hall–Kier alpha value is -1.69. The van der Waals surface area contributed by atoms with Crippen molar-refractivity contribution in [2.24, 2.45) is 5.92 Å². The minimum atomic E-state index is -0.819. The van der Waals surface area contributed by atoms with E-state index in [-0.39, 0.29) is 6.03 Å². The molecule has 114 valence electrons. The van der Waals surface area contributed by atoms with Crippen molar-refractivity contribution in [2.45, 2.75) is 18.2 Å². The highest BCUT2D eigenvalue weighted by Crippen LogP contribution is 2.18. The van der Waals surface area contributed by atoms with Crippen LogP contribution in [-0.4, -0.2) is 47.4 Å². The molecule has 0 bridgehead atoms. The first-order valence-electron chi connectivity index (χ1n) is 7.01. The predicted octanol–water partition coefficient (Wildman–Crippen LogP) is 2.20. The Bertz CT molecular complexity index is 504. The van der Waals surface area contributed by atoms with Gasteiger partial charge in [-0.3, -0.25) is 4.79 Å². The molecule has 2 N–H and O–H groups in total. The molecule has 0 aliphatic carbocycles. The number of carboxylic acids is 1. The average molecular weight is 308 g/mol. The van der Waals surface area contributed by atoms with Gasteiger partial charge in [-0.15, -0.1) is 11.8 Å². The quantitative estimate of drug-likeness (QED) is 0.646. The van der Waals surface area contributed by atoms with Crippen molar-refractivity contribution in [1.82, 2.24) is 10.2 Å². The second-order valence-corrected chi connectivity index (χ2v) is 6.33. The number of urea groups is 1. The summed E-state index contributed by atoms with van der Waals surface area (Å²) in [5.74, 6) is -0.441. The number of carboxylic acid groups (broad SMARTS) is 1. The summed E-state index contributed by atoms with van der Waals surface area (Å²) in [6, 6.07) is 8.11. The van der Waals surface area contributed by atoms with Crippen LogP contribution in [0.4, 0.5) is 4.79 Å². The van der Waals surface area contributed by atoms with Gasteiger partial charge in [0.25, 0.3) is 0 Å². The van der Waals surface area contributed by atoms with E-state index in [1.165, 1.54) is 10.5 Å². The SMILES string of the molecule is Cc1ccc(SCCNC(=O)N2CCC(C(=O)O)C2)cc1. The molecule has 0 saturated carbocycles. The maximum atomic E-state index is 11.9.